The normalized spacial score (nSPS) is 11.0. The van der Waals surface area contributed by atoms with Crippen LogP contribution < -0.4 is 23.7 Å². The average molecular weight is 285 g/mol. The molecule has 0 amide bonds. The Morgan fingerprint density at radius 2 is 1.25 bits per heavy atom. The highest BCUT2D eigenvalue weighted by Crippen LogP contribution is 1.89. The molecule has 0 aliphatic carbocycles. The maximum atomic E-state index is 11.4. The summed E-state index contributed by atoms with van der Waals surface area (Å²) in [5, 5.41) is 0. The monoisotopic (exact) mass is 285 g/mol. The van der Waals surface area contributed by atoms with E-state index in [4.69, 9.17) is 0 Å². The molecule has 0 aliphatic heterocycles. The van der Waals surface area contributed by atoms with Crippen LogP contribution in [0.1, 0.15) is 52.4 Å². The molecular formula is C10H22IO. The van der Waals surface area contributed by atoms with Crippen molar-refractivity contribution in [3.8, 4) is 0 Å². The second-order valence-electron chi connectivity index (χ2n) is 3.20. The van der Waals surface area contributed by atoms with Gasteiger partial charge in [-0.3, -0.25) is 0 Å². The Morgan fingerprint density at radius 3 is 1.58 bits per heavy atom. The molecule has 1 nitrogen and oxygen atoms in total. The van der Waals surface area contributed by atoms with Crippen LogP contribution >= 0.6 is 0 Å². The summed E-state index contributed by atoms with van der Waals surface area (Å²) in [6, 6.07) is 0. The van der Waals surface area contributed by atoms with Crippen molar-refractivity contribution in [3.63, 3.8) is 0 Å². The van der Waals surface area contributed by atoms with Crippen molar-refractivity contribution in [2.75, 3.05) is 8.86 Å². The third-order valence-corrected chi connectivity index (χ3v) is 5.83. The van der Waals surface area contributed by atoms with Crippen molar-refractivity contribution in [1.29, 1.82) is 0 Å². The van der Waals surface area contributed by atoms with Gasteiger partial charge in [0.05, 0.1) is 0 Å². The van der Waals surface area contributed by atoms with Crippen LogP contribution in [-0.2, 0) is 0 Å². The highest BCUT2D eigenvalue weighted by atomic mass is 127. The first-order valence-electron chi connectivity index (χ1n) is 5.10. The van der Waals surface area contributed by atoms with Crippen molar-refractivity contribution < 1.29 is 23.7 Å². The third kappa shape index (κ3) is 8.78. The van der Waals surface area contributed by atoms with E-state index in [2.05, 4.69) is 13.8 Å². The zero-order valence-corrected chi connectivity index (χ0v) is 10.6. The summed E-state index contributed by atoms with van der Waals surface area (Å²) in [6.07, 6.45) is 7.44. The summed E-state index contributed by atoms with van der Waals surface area (Å²) in [4.78, 5) is 0. The number of unbranched alkanes of at least 4 members (excludes halogenated alkanes) is 4. The molecule has 0 rings (SSSR count). The van der Waals surface area contributed by atoms with Gasteiger partial charge in [0.25, 0.3) is 0 Å². The SMILES string of the molecule is CCCCC[I+]([O-])CCCCC. The van der Waals surface area contributed by atoms with Crippen molar-refractivity contribution in [3.05, 3.63) is 0 Å². The molecule has 0 spiro atoms. The average Bonchev–Trinajstić information content (AvgIpc) is 2.06. The van der Waals surface area contributed by atoms with E-state index in [-0.39, 0.29) is 0 Å². The van der Waals surface area contributed by atoms with Gasteiger partial charge >= 0.3 is 0 Å². The third-order valence-electron chi connectivity index (χ3n) is 1.90. The van der Waals surface area contributed by atoms with Crippen molar-refractivity contribution in [1.82, 2.24) is 0 Å². The van der Waals surface area contributed by atoms with E-state index < -0.39 is 20.2 Å². The summed E-state index contributed by atoms with van der Waals surface area (Å²) in [5.41, 5.74) is 0. The molecule has 0 aromatic carbocycles. The zero-order valence-electron chi connectivity index (χ0n) is 8.44. The molecule has 0 atom stereocenters. The topological polar surface area (TPSA) is 23.1 Å². The van der Waals surface area contributed by atoms with Gasteiger partial charge in [-0.15, -0.1) is 0 Å². The number of alkyl halides is 2. The van der Waals surface area contributed by atoms with E-state index in [0.717, 1.165) is 8.86 Å². The summed E-state index contributed by atoms with van der Waals surface area (Å²) in [6.45, 7) is 4.39. The molecule has 0 N–H and O–H groups in total. The van der Waals surface area contributed by atoms with Gasteiger partial charge in [-0.05, 0) is 25.7 Å². The summed E-state index contributed by atoms with van der Waals surface area (Å²) in [7, 11) is 0. The zero-order chi connectivity index (χ0) is 9.23. The second-order valence-corrected chi connectivity index (χ2v) is 7.68. The van der Waals surface area contributed by atoms with Gasteiger partial charge in [0.1, 0.15) is 8.86 Å². The predicted molar refractivity (Wildman–Crippen MR) is 48.8 cm³/mol. The van der Waals surface area contributed by atoms with Crippen molar-refractivity contribution in [2.24, 2.45) is 0 Å². The number of hydrogen-bond donors (Lipinski definition) is 0. The Kier molecular flexibility index (Phi) is 10.3. The van der Waals surface area contributed by atoms with Crippen LogP contribution in [0.2, 0.25) is 0 Å². The Hall–Kier alpha value is 0.690. The van der Waals surface area contributed by atoms with Crippen LogP contribution in [0.15, 0.2) is 0 Å². The highest BCUT2D eigenvalue weighted by molar-refractivity contribution is 4.35. The standard InChI is InChI=1S/C10H22IO/c1-3-5-7-9-11(12)10-8-6-4-2/h3-10H2,1-2H3. The van der Waals surface area contributed by atoms with E-state index in [1.165, 1.54) is 38.5 Å². The van der Waals surface area contributed by atoms with Crippen LogP contribution in [0.3, 0.4) is 0 Å². The lowest BCUT2D eigenvalue weighted by atomic mass is 10.3. The fraction of sp³-hybridized carbons (Fsp3) is 1.00. The lowest BCUT2D eigenvalue weighted by Crippen LogP contribution is -3.94. The molecule has 1 radical (unpaired) electrons. The highest BCUT2D eigenvalue weighted by Gasteiger charge is 2.05. The summed E-state index contributed by atoms with van der Waals surface area (Å²) >= 11 is -1.67. The lowest BCUT2D eigenvalue weighted by molar-refractivity contribution is -1.30. The largest absolute Gasteiger partial charge is 0.633 e. The molecule has 0 saturated heterocycles. The van der Waals surface area contributed by atoms with Crippen molar-refractivity contribution >= 4 is 0 Å². The number of hydrogen-bond acceptors (Lipinski definition) is 1. The van der Waals surface area contributed by atoms with Crippen LogP contribution in [0.5, 0.6) is 0 Å². The molecule has 75 valence electrons. The van der Waals surface area contributed by atoms with Gasteiger partial charge in [0, 0.05) is 20.2 Å². The second kappa shape index (κ2) is 9.78. The molecule has 0 unspecified atom stereocenters. The molecule has 0 aliphatic rings. The van der Waals surface area contributed by atoms with Crippen LogP contribution in [0, 0.1) is 0 Å². The molecule has 0 aromatic heterocycles. The fourth-order valence-electron chi connectivity index (χ4n) is 1.08. The first kappa shape index (κ1) is 12.7. The molecule has 0 aromatic rings. The van der Waals surface area contributed by atoms with Crippen molar-refractivity contribution in [2.45, 2.75) is 52.4 Å². The van der Waals surface area contributed by atoms with E-state index in [0.29, 0.717) is 0 Å². The molecule has 0 saturated carbocycles. The maximum absolute atomic E-state index is 11.4. The van der Waals surface area contributed by atoms with Gasteiger partial charge in [0.15, 0.2) is 0 Å². The van der Waals surface area contributed by atoms with E-state index in [1.54, 1.807) is 0 Å². The van der Waals surface area contributed by atoms with E-state index in [9.17, 15) is 3.44 Å². The van der Waals surface area contributed by atoms with Crippen LogP contribution in [0.4, 0.5) is 0 Å². The Bertz CT molecular complexity index is 75.9. The molecule has 2 heteroatoms. The summed E-state index contributed by atoms with van der Waals surface area (Å²) < 4.78 is 13.5. The minimum atomic E-state index is -1.67. The van der Waals surface area contributed by atoms with Crippen LogP contribution in [-0.4, -0.2) is 8.86 Å². The minimum Gasteiger partial charge on any atom is -0.633 e. The van der Waals surface area contributed by atoms with Gasteiger partial charge in [0.2, 0.25) is 0 Å². The van der Waals surface area contributed by atoms with E-state index in [1.807, 2.05) is 0 Å². The Labute approximate surface area is 84.9 Å². The van der Waals surface area contributed by atoms with Crippen LogP contribution in [0.25, 0.3) is 0 Å². The van der Waals surface area contributed by atoms with Gasteiger partial charge in [-0.1, -0.05) is 26.7 Å². The molecule has 12 heavy (non-hydrogen) atoms. The number of rotatable bonds is 8. The fourth-order valence-corrected chi connectivity index (χ4v) is 4.40. The summed E-state index contributed by atoms with van der Waals surface area (Å²) in [5.74, 6) is 0. The quantitative estimate of drug-likeness (QED) is 0.327. The maximum Gasteiger partial charge on any atom is 0.101 e. The van der Waals surface area contributed by atoms with Gasteiger partial charge in [-0.25, -0.2) is 0 Å². The lowest BCUT2D eigenvalue weighted by Gasteiger charge is -2.08. The molecule has 0 fully saturated rings. The predicted octanol–water partition coefficient (Wildman–Crippen LogP) is -0.733. The molecule has 0 heterocycles. The molecular weight excluding hydrogens is 263 g/mol. The Balaban J connectivity index is 3.04. The first-order valence-corrected chi connectivity index (χ1v) is 9.03. The van der Waals surface area contributed by atoms with Gasteiger partial charge in [-0.2, -0.15) is 0 Å². The first-order chi connectivity index (χ1) is 5.81. The minimum absolute atomic E-state index is 1.06. The molecule has 0 bridgehead atoms. The Morgan fingerprint density at radius 1 is 0.833 bits per heavy atom. The number of halogens is 1. The van der Waals surface area contributed by atoms with E-state index >= 15 is 0 Å². The van der Waals surface area contributed by atoms with Gasteiger partial charge < -0.3 is 3.44 Å². The smallest absolute Gasteiger partial charge is 0.101 e.